The number of nitrogens with zero attached hydrogens (tertiary/aromatic N) is 2. The van der Waals surface area contributed by atoms with E-state index in [1.165, 1.54) is 0 Å². The van der Waals surface area contributed by atoms with Gasteiger partial charge in [0, 0.05) is 33.2 Å². The Kier molecular flexibility index (Phi) is 6.89. The molecule has 0 spiro atoms. The number of carbonyl (C=O) groups is 2. The van der Waals surface area contributed by atoms with Crippen molar-refractivity contribution in [2.45, 2.75) is 51.7 Å². The number of hydrogen-bond acceptors (Lipinski definition) is 3. The fourth-order valence-electron chi connectivity index (χ4n) is 3.13. The summed E-state index contributed by atoms with van der Waals surface area (Å²) in [5.41, 5.74) is 1.10. The minimum Gasteiger partial charge on any atom is -0.481 e. The SMILES string of the molecule is CC(Oc1ccccc1C(C)C)C(=O)NC1CCN(C(=O)N(C)C)CC1. The monoisotopic (exact) mass is 361 g/mol. The lowest BCUT2D eigenvalue weighted by molar-refractivity contribution is -0.128. The standard InChI is InChI=1S/C20H31N3O3/c1-14(2)17-8-6-7-9-18(17)26-15(3)19(24)21-16-10-12-23(13-11-16)20(25)22(4)5/h6-9,14-16H,10-13H2,1-5H3,(H,21,24). The Balaban J connectivity index is 1.86. The van der Waals surface area contributed by atoms with Gasteiger partial charge in [0.25, 0.3) is 5.91 Å². The van der Waals surface area contributed by atoms with Crippen LogP contribution in [0.3, 0.4) is 0 Å². The van der Waals surface area contributed by atoms with E-state index in [0.717, 1.165) is 24.2 Å². The number of amides is 3. The van der Waals surface area contributed by atoms with E-state index in [1.807, 2.05) is 29.2 Å². The topological polar surface area (TPSA) is 61.9 Å². The van der Waals surface area contributed by atoms with Crippen LogP contribution in [0.4, 0.5) is 4.79 Å². The second-order valence-corrected chi connectivity index (χ2v) is 7.40. The predicted octanol–water partition coefficient (Wildman–Crippen LogP) is 2.84. The maximum atomic E-state index is 12.5. The van der Waals surface area contributed by atoms with Crippen LogP contribution in [0.25, 0.3) is 0 Å². The lowest BCUT2D eigenvalue weighted by Crippen LogP contribution is -2.51. The summed E-state index contributed by atoms with van der Waals surface area (Å²) < 4.78 is 5.92. The van der Waals surface area contributed by atoms with E-state index in [2.05, 4.69) is 19.2 Å². The summed E-state index contributed by atoms with van der Waals surface area (Å²) in [6.45, 7) is 7.31. The molecule has 0 radical (unpaired) electrons. The maximum absolute atomic E-state index is 12.5. The normalized spacial score (nSPS) is 16.3. The van der Waals surface area contributed by atoms with E-state index in [-0.39, 0.29) is 18.0 Å². The van der Waals surface area contributed by atoms with Crippen molar-refractivity contribution in [1.82, 2.24) is 15.1 Å². The average molecular weight is 361 g/mol. The third-order valence-electron chi connectivity index (χ3n) is 4.71. The Bertz CT molecular complexity index is 622. The number of ether oxygens (including phenoxy) is 1. The minimum atomic E-state index is -0.559. The molecule has 0 bridgehead atoms. The van der Waals surface area contributed by atoms with Crippen molar-refractivity contribution in [1.29, 1.82) is 0 Å². The second kappa shape index (κ2) is 8.92. The molecule has 1 atom stereocenters. The first-order valence-corrected chi connectivity index (χ1v) is 9.31. The van der Waals surface area contributed by atoms with E-state index in [9.17, 15) is 9.59 Å². The third kappa shape index (κ3) is 5.13. The smallest absolute Gasteiger partial charge is 0.319 e. The Morgan fingerprint density at radius 1 is 1.15 bits per heavy atom. The van der Waals surface area contributed by atoms with Gasteiger partial charge in [-0.05, 0) is 37.3 Å². The molecule has 0 aromatic heterocycles. The average Bonchev–Trinajstić information content (AvgIpc) is 2.61. The lowest BCUT2D eigenvalue weighted by Gasteiger charge is -2.34. The molecule has 1 aromatic rings. The molecular weight excluding hydrogens is 330 g/mol. The number of carbonyl (C=O) groups excluding carboxylic acids is 2. The van der Waals surface area contributed by atoms with Crippen LogP contribution in [-0.2, 0) is 4.79 Å². The molecule has 144 valence electrons. The molecule has 1 aliphatic heterocycles. The molecule has 1 unspecified atom stereocenters. The second-order valence-electron chi connectivity index (χ2n) is 7.40. The molecule has 1 saturated heterocycles. The number of para-hydroxylation sites is 1. The summed E-state index contributed by atoms with van der Waals surface area (Å²) in [5, 5.41) is 3.06. The van der Waals surface area contributed by atoms with Gasteiger partial charge >= 0.3 is 6.03 Å². The van der Waals surface area contributed by atoms with Gasteiger partial charge in [-0.2, -0.15) is 0 Å². The molecule has 26 heavy (non-hydrogen) atoms. The highest BCUT2D eigenvalue weighted by atomic mass is 16.5. The highest BCUT2D eigenvalue weighted by Gasteiger charge is 2.26. The van der Waals surface area contributed by atoms with Gasteiger partial charge in [0.15, 0.2) is 6.10 Å². The van der Waals surface area contributed by atoms with Crippen molar-refractivity contribution < 1.29 is 14.3 Å². The molecule has 1 aliphatic rings. The van der Waals surface area contributed by atoms with Crippen LogP contribution < -0.4 is 10.1 Å². The van der Waals surface area contributed by atoms with Gasteiger partial charge in [0.1, 0.15) is 5.75 Å². The van der Waals surface area contributed by atoms with Gasteiger partial charge < -0.3 is 19.9 Å². The van der Waals surface area contributed by atoms with Crippen molar-refractivity contribution in [3.05, 3.63) is 29.8 Å². The van der Waals surface area contributed by atoms with Crippen molar-refractivity contribution in [2.75, 3.05) is 27.2 Å². The number of rotatable bonds is 5. The van der Waals surface area contributed by atoms with Crippen molar-refractivity contribution >= 4 is 11.9 Å². The summed E-state index contributed by atoms with van der Waals surface area (Å²) in [4.78, 5) is 27.9. The molecule has 1 heterocycles. The Labute approximate surface area is 156 Å². The molecule has 1 fully saturated rings. The van der Waals surface area contributed by atoms with E-state index >= 15 is 0 Å². The maximum Gasteiger partial charge on any atom is 0.319 e. The first-order valence-electron chi connectivity index (χ1n) is 9.31. The molecule has 6 nitrogen and oxygen atoms in total. The van der Waals surface area contributed by atoms with Gasteiger partial charge in [-0.3, -0.25) is 4.79 Å². The summed E-state index contributed by atoms with van der Waals surface area (Å²) in [6.07, 6.45) is 0.970. The zero-order valence-electron chi connectivity index (χ0n) is 16.5. The number of likely N-dealkylation sites (tertiary alicyclic amines) is 1. The van der Waals surface area contributed by atoms with Crippen LogP contribution >= 0.6 is 0 Å². The number of urea groups is 1. The minimum absolute atomic E-state index is 0.0248. The van der Waals surface area contributed by atoms with Crippen LogP contribution in [-0.4, -0.2) is 61.1 Å². The predicted molar refractivity (Wildman–Crippen MR) is 102 cm³/mol. The molecule has 1 aromatic carbocycles. The number of piperidine rings is 1. The zero-order valence-corrected chi connectivity index (χ0v) is 16.5. The zero-order chi connectivity index (χ0) is 19.3. The Morgan fingerprint density at radius 3 is 2.35 bits per heavy atom. The van der Waals surface area contributed by atoms with Crippen molar-refractivity contribution in [3.63, 3.8) is 0 Å². The van der Waals surface area contributed by atoms with E-state index in [4.69, 9.17) is 4.74 Å². The van der Waals surface area contributed by atoms with Gasteiger partial charge in [0.2, 0.25) is 0 Å². The van der Waals surface area contributed by atoms with Crippen molar-refractivity contribution in [3.8, 4) is 5.75 Å². The molecule has 2 rings (SSSR count). The van der Waals surface area contributed by atoms with Crippen LogP contribution in [0.2, 0.25) is 0 Å². The molecule has 0 saturated carbocycles. The van der Waals surface area contributed by atoms with E-state index in [1.54, 1.807) is 25.9 Å². The van der Waals surface area contributed by atoms with E-state index < -0.39 is 6.10 Å². The number of hydrogen-bond donors (Lipinski definition) is 1. The summed E-state index contributed by atoms with van der Waals surface area (Å²) >= 11 is 0. The van der Waals surface area contributed by atoms with Crippen LogP contribution in [0.5, 0.6) is 5.75 Å². The van der Waals surface area contributed by atoms with Gasteiger partial charge in [-0.1, -0.05) is 32.0 Å². The van der Waals surface area contributed by atoms with Gasteiger partial charge in [-0.25, -0.2) is 4.79 Å². The molecule has 6 heteroatoms. The highest BCUT2D eigenvalue weighted by molar-refractivity contribution is 5.81. The summed E-state index contributed by atoms with van der Waals surface area (Å²) in [5.74, 6) is 0.984. The first kappa shape index (κ1) is 20.1. The van der Waals surface area contributed by atoms with E-state index in [0.29, 0.717) is 19.0 Å². The number of benzene rings is 1. The highest BCUT2D eigenvalue weighted by Crippen LogP contribution is 2.26. The van der Waals surface area contributed by atoms with Crippen LogP contribution in [0.1, 0.15) is 45.1 Å². The molecule has 0 aliphatic carbocycles. The van der Waals surface area contributed by atoms with Crippen LogP contribution in [0.15, 0.2) is 24.3 Å². The fourth-order valence-corrected chi connectivity index (χ4v) is 3.13. The summed E-state index contributed by atoms with van der Waals surface area (Å²) in [6, 6.07) is 7.95. The first-order chi connectivity index (χ1) is 12.3. The third-order valence-corrected chi connectivity index (χ3v) is 4.71. The number of nitrogens with one attached hydrogen (secondary N) is 1. The molecule has 3 amide bonds. The van der Waals surface area contributed by atoms with Gasteiger partial charge in [-0.15, -0.1) is 0 Å². The Morgan fingerprint density at radius 2 is 1.77 bits per heavy atom. The lowest BCUT2D eigenvalue weighted by atomic mass is 10.0. The summed E-state index contributed by atoms with van der Waals surface area (Å²) in [7, 11) is 3.51. The van der Waals surface area contributed by atoms with Crippen molar-refractivity contribution in [2.24, 2.45) is 0 Å². The quantitative estimate of drug-likeness (QED) is 0.877. The fraction of sp³-hybridized carbons (Fsp3) is 0.600. The molecular formula is C20H31N3O3. The Hall–Kier alpha value is -2.24. The van der Waals surface area contributed by atoms with Crippen LogP contribution in [0, 0.1) is 0 Å². The largest absolute Gasteiger partial charge is 0.481 e. The molecule has 1 N–H and O–H groups in total. The van der Waals surface area contributed by atoms with Gasteiger partial charge in [0.05, 0.1) is 0 Å².